The maximum atomic E-state index is 11.8. The third-order valence-corrected chi connectivity index (χ3v) is 3.33. The molecule has 0 amide bonds. The summed E-state index contributed by atoms with van der Waals surface area (Å²) < 4.78 is 28.0. The van der Waals surface area contributed by atoms with Gasteiger partial charge in [-0.2, -0.15) is 0 Å². The van der Waals surface area contributed by atoms with E-state index in [0.29, 0.717) is 6.61 Å². The molecule has 18 heavy (non-hydrogen) atoms. The van der Waals surface area contributed by atoms with E-state index in [1.165, 1.54) is 0 Å². The third-order valence-electron chi connectivity index (χ3n) is 3.33. The summed E-state index contributed by atoms with van der Waals surface area (Å²) in [6.45, 7) is 7.53. The van der Waals surface area contributed by atoms with Crippen LogP contribution >= 0.6 is 0 Å². The smallest absolute Gasteiger partial charge is 0.338 e. The van der Waals surface area contributed by atoms with E-state index in [-0.39, 0.29) is 6.10 Å². The van der Waals surface area contributed by atoms with Crippen LogP contribution in [0.1, 0.15) is 27.7 Å². The van der Waals surface area contributed by atoms with E-state index in [4.69, 9.17) is 23.7 Å². The highest BCUT2D eigenvalue weighted by Gasteiger charge is 2.58. The molecular weight excluding hydrogens is 240 g/mol. The lowest BCUT2D eigenvalue weighted by Crippen LogP contribution is -2.62. The molecule has 0 aliphatic carbocycles. The second-order valence-electron chi connectivity index (χ2n) is 5.79. The minimum absolute atomic E-state index is 0.316. The fourth-order valence-electron chi connectivity index (χ4n) is 2.62. The van der Waals surface area contributed by atoms with Crippen molar-refractivity contribution < 1.29 is 28.5 Å². The Labute approximate surface area is 105 Å². The molecule has 3 fully saturated rings. The fourth-order valence-corrected chi connectivity index (χ4v) is 2.62. The van der Waals surface area contributed by atoms with Gasteiger partial charge in [-0.05, 0) is 27.7 Å². The zero-order valence-corrected chi connectivity index (χ0v) is 11.0. The molecule has 0 N–H and O–H groups in total. The van der Waals surface area contributed by atoms with Crippen LogP contribution in [0, 0.1) is 0 Å². The highest BCUT2D eigenvalue weighted by Crippen LogP contribution is 2.39. The van der Waals surface area contributed by atoms with Crippen molar-refractivity contribution in [2.24, 2.45) is 0 Å². The molecule has 0 unspecified atom stereocenters. The lowest BCUT2D eigenvalue weighted by atomic mass is 9.98. The number of rotatable bonds is 0. The van der Waals surface area contributed by atoms with Crippen molar-refractivity contribution in [3.05, 3.63) is 0 Å². The number of fused-ring (bicyclic) bond motifs is 3. The Morgan fingerprint density at radius 2 is 1.67 bits per heavy atom. The van der Waals surface area contributed by atoms with Crippen molar-refractivity contribution >= 4 is 5.97 Å². The van der Waals surface area contributed by atoms with Crippen molar-refractivity contribution in [2.45, 2.75) is 63.7 Å². The highest BCUT2D eigenvalue weighted by molar-refractivity contribution is 5.77. The Morgan fingerprint density at radius 3 is 2.39 bits per heavy atom. The van der Waals surface area contributed by atoms with Crippen LogP contribution in [0.2, 0.25) is 0 Å². The molecule has 0 saturated carbocycles. The molecule has 3 rings (SSSR count). The summed E-state index contributed by atoms with van der Waals surface area (Å²) in [4.78, 5) is 11.8. The monoisotopic (exact) mass is 258 g/mol. The molecule has 3 saturated heterocycles. The summed E-state index contributed by atoms with van der Waals surface area (Å²) in [5.41, 5.74) is 0. The summed E-state index contributed by atoms with van der Waals surface area (Å²) in [6.07, 6.45) is -1.92. The second-order valence-corrected chi connectivity index (χ2v) is 5.79. The summed E-state index contributed by atoms with van der Waals surface area (Å²) in [7, 11) is 0. The number of ether oxygens (including phenoxy) is 5. The summed E-state index contributed by atoms with van der Waals surface area (Å²) in [6, 6.07) is 0. The minimum Gasteiger partial charge on any atom is -0.455 e. The predicted octanol–water partition coefficient (Wildman–Crippen LogP) is 0.583. The van der Waals surface area contributed by atoms with Crippen molar-refractivity contribution in [3.8, 4) is 0 Å². The molecule has 0 spiro atoms. The van der Waals surface area contributed by atoms with Crippen LogP contribution in [0.25, 0.3) is 0 Å². The van der Waals surface area contributed by atoms with Crippen LogP contribution in [-0.2, 0) is 28.5 Å². The van der Waals surface area contributed by atoms with E-state index in [2.05, 4.69) is 0 Å². The van der Waals surface area contributed by atoms with E-state index in [1.54, 1.807) is 13.8 Å². The molecule has 0 radical (unpaired) electrons. The maximum absolute atomic E-state index is 11.8. The number of esters is 1. The Balaban J connectivity index is 1.86. The molecule has 102 valence electrons. The Morgan fingerprint density at radius 1 is 1.00 bits per heavy atom. The van der Waals surface area contributed by atoms with Crippen molar-refractivity contribution in [1.82, 2.24) is 0 Å². The van der Waals surface area contributed by atoms with Crippen LogP contribution in [0.3, 0.4) is 0 Å². The van der Waals surface area contributed by atoms with Gasteiger partial charge in [-0.3, -0.25) is 0 Å². The zero-order chi connectivity index (χ0) is 13.1. The van der Waals surface area contributed by atoms with Crippen LogP contribution in [0.5, 0.6) is 0 Å². The van der Waals surface area contributed by atoms with Crippen LogP contribution in [-0.4, -0.2) is 48.6 Å². The number of carbonyl (C=O) groups is 1. The quantitative estimate of drug-likeness (QED) is 0.592. The summed E-state index contributed by atoms with van der Waals surface area (Å²) in [5, 5.41) is 0. The first kappa shape index (κ1) is 12.3. The topological polar surface area (TPSA) is 63.2 Å². The fraction of sp³-hybridized carbons (Fsp3) is 0.917. The Bertz CT molecular complexity index is 377. The van der Waals surface area contributed by atoms with E-state index >= 15 is 0 Å². The largest absolute Gasteiger partial charge is 0.455 e. The maximum Gasteiger partial charge on any atom is 0.338 e. The van der Waals surface area contributed by atoms with E-state index in [9.17, 15) is 4.79 Å². The molecular formula is C12H18O6. The molecule has 3 aliphatic heterocycles. The molecule has 0 bridgehead atoms. The molecule has 6 heteroatoms. The van der Waals surface area contributed by atoms with Gasteiger partial charge in [0, 0.05) is 0 Å². The Hall–Kier alpha value is -0.690. The average molecular weight is 258 g/mol. The zero-order valence-electron chi connectivity index (χ0n) is 11.0. The second kappa shape index (κ2) is 3.66. The van der Waals surface area contributed by atoms with Gasteiger partial charge in [-0.25, -0.2) is 4.79 Å². The normalized spacial score (nSPS) is 45.0. The molecule has 6 nitrogen and oxygen atoms in total. The van der Waals surface area contributed by atoms with Crippen molar-refractivity contribution in [2.75, 3.05) is 6.61 Å². The lowest BCUT2D eigenvalue weighted by molar-refractivity contribution is -0.331. The third kappa shape index (κ3) is 1.93. The Kier molecular flexibility index (Phi) is 2.51. The molecule has 4 atom stereocenters. The van der Waals surface area contributed by atoms with Gasteiger partial charge >= 0.3 is 5.97 Å². The molecule has 3 heterocycles. The van der Waals surface area contributed by atoms with Crippen molar-refractivity contribution in [3.63, 3.8) is 0 Å². The van der Waals surface area contributed by atoms with Gasteiger partial charge in [-0.1, -0.05) is 0 Å². The molecule has 3 aliphatic rings. The highest BCUT2D eigenvalue weighted by atomic mass is 16.8. The molecule has 0 aromatic carbocycles. The minimum atomic E-state index is -0.797. The number of hydrogen-bond acceptors (Lipinski definition) is 6. The standard InChI is InChI=1S/C12H18O6/c1-11(2)14-5-6-7(16-11)8-9(10(13)15-6)18-12(3,4)17-8/h6-9H,5H2,1-4H3/t6-,7-,8+,9+/m1/s1. The predicted molar refractivity (Wildman–Crippen MR) is 58.6 cm³/mol. The van der Waals surface area contributed by atoms with Crippen molar-refractivity contribution in [1.29, 1.82) is 0 Å². The van der Waals surface area contributed by atoms with Gasteiger partial charge in [-0.15, -0.1) is 0 Å². The number of carbonyl (C=O) groups excluding carboxylic acids is 1. The van der Waals surface area contributed by atoms with E-state index in [1.807, 2.05) is 13.8 Å². The van der Waals surface area contributed by atoms with Gasteiger partial charge in [0.1, 0.15) is 12.2 Å². The van der Waals surface area contributed by atoms with Crippen LogP contribution in [0.4, 0.5) is 0 Å². The molecule has 0 aromatic rings. The van der Waals surface area contributed by atoms with Crippen LogP contribution < -0.4 is 0 Å². The summed E-state index contributed by atoms with van der Waals surface area (Å²) in [5.74, 6) is -1.90. The van der Waals surface area contributed by atoms with Gasteiger partial charge in [0.2, 0.25) is 0 Å². The SMILES string of the molecule is CC1(C)OC[C@H]2OC(=O)[C@H]3OC(C)(C)O[C@H]3[C@@H]2O1. The average Bonchev–Trinajstić information content (AvgIpc) is 2.56. The van der Waals surface area contributed by atoms with Crippen LogP contribution in [0.15, 0.2) is 0 Å². The van der Waals surface area contributed by atoms with Gasteiger partial charge in [0.05, 0.1) is 6.61 Å². The molecule has 0 aromatic heterocycles. The van der Waals surface area contributed by atoms with Gasteiger partial charge in [0.15, 0.2) is 23.8 Å². The first-order valence-electron chi connectivity index (χ1n) is 6.15. The van der Waals surface area contributed by atoms with Gasteiger partial charge < -0.3 is 23.7 Å². The van der Waals surface area contributed by atoms with E-state index in [0.717, 1.165) is 0 Å². The first-order chi connectivity index (χ1) is 8.27. The first-order valence-corrected chi connectivity index (χ1v) is 6.15. The van der Waals surface area contributed by atoms with Gasteiger partial charge in [0.25, 0.3) is 0 Å². The lowest BCUT2D eigenvalue weighted by Gasteiger charge is -2.45. The van der Waals surface area contributed by atoms with E-state index < -0.39 is 35.9 Å². The number of hydrogen-bond donors (Lipinski definition) is 0. The summed E-state index contributed by atoms with van der Waals surface area (Å²) >= 11 is 0.